The maximum absolute atomic E-state index is 12.9. The smallest absolute Gasteiger partial charge is 0.227 e. The van der Waals surface area contributed by atoms with Gasteiger partial charge in [0.05, 0.1) is 6.42 Å². The van der Waals surface area contributed by atoms with Gasteiger partial charge in [-0.2, -0.15) is 0 Å². The van der Waals surface area contributed by atoms with E-state index in [2.05, 4.69) is 5.32 Å². The summed E-state index contributed by atoms with van der Waals surface area (Å²) in [6, 6.07) is 15.4. The molecule has 2 aromatic carbocycles. The molecule has 1 saturated heterocycles. The summed E-state index contributed by atoms with van der Waals surface area (Å²) in [6.45, 7) is 1.08. The zero-order valence-corrected chi connectivity index (χ0v) is 13.2. The fourth-order valence-electron chi connectivity index (χ4n) is 2.88. The number of amides is 2. The first-order valence-electron chi connectivity index (χ1n) is 7.98. The molecule has 3 rings (SSSR count). The molecule has 0 radical (unpaired) electrons. The summed E-state index contributed by atoms with van der Waals surface area (Å²) in [7, 11) is 0. The lowest BCUT2D eigenvalue weighted by atomic mass is 10.1. The van der Waals surface area contributed by atoms with Gasteiger partial charge in [-0.25, -0.2) is 4.39 Å². The monoisotopic (exact) mass is 326 g/mol. The summed E-state index contributed by atoms with van der Waals surface area (Å²) in [5, 5.41) is 2.87. The zero-order chi connectivity index (χ0) is 16.9. The largest absolute Gasteiger partial charge is 0.355 e. The first-order valence-corrected chi connectivity index (χ1v) is 7.98. The number of carbonyl (C=O) groups excluding carboxylic acids is 2. The predicted molar refractivity (Wildman–Crippen MR) is 90.0 cm³/mol. The van der Waals surface area contributed by atoms with Crippen molar-refractivity contribution in [2.75, 3.05) is 18.0 Å². The van der Waals surface area contributed by atoms with Crippen LogP contribution in [0.15, 0.2) is 54.6 Å². The molecule has 0 unspecified atom stereocenters. The van der Waals surface area contributed by atoms with Gasteiger partial charge in [-0.3, -0.25) is 9.59 Å². The molecule has 2 aromatic rings. The molecule has 5 heteroatoms. The molecule has 124 valence electrons. The van der Waals surface area contributed by atoms with Gasteiger partial charge in [-0.15, -0.1) is 0 Å². The Hall–Kier alpha value is -2.69. The van der Waals surface area contributed by atoms with Crippen LogP contribution in [-0.4, -0.2) is 24.9 Å². The number of hydrogen-bond donors (Lipinski definition) is 1. The van der Waals surface area contributed by atoms with Crippen LogP contribution in [-0.2, 0) is 16.0 Å². The number of hydrogen-bond acceptors (Lipinski definition) is 2. The van der Waals surface area contributed by atoms with E-state index in [0.29, 0.717) is 19.5 Å². The molecule has 1 atom stereocenters. The first kappa shape index (κ1) is 16.2. The second kappa shape index (κ2) is 7.25. The van der Waals surface area contributed by atoms with Gasteiger partial charge in [0, 0.05) is 31.1 Å². The Morgan fingerprint density at radius 3 is 2.54 bits per heavy atom. The second-order valence-electron chi connectivity index (χ2n) is 6.02. The average Bonchev–Trinajstić information content (AvgIpc) is 2.97. The molecule has 1 fully saturated rings. The minimum Gasteiger partial charge on any atom is -0.355 e. The van der Waals surface area contributed by atoms with Crippen LogP contribution in [0.1, 0.15) is 12.0 Å². The van der Waals surface area contributed by atoms with Gasteiger partial charge in [-0.05, 0) is 29.8 Å². The quantitative estimate of drug-likeness (QED) is 0.918. The third kappa shape index (κ3) is 3.98. The van der Waals surface area contributed by atoms with E-state index in [9.17, 15) is 14.0 Å². The molecule has 0 aromatic heterocycles. The van der Waals surface area contributed by atoms with Gasteiger partial charge in [0.25, 0.3) is 0 Å². The van der Waals surface area contributed by atoms with Crippen molar-refractivity contribution in [3.8, 4) is 0 Å². The molecule has 1 heterocycles. The maximum Gasteiger partial charge on any atom is 0.227 e. The highest BCUT2D eigenvalue weighted by molar-refractivity contribution is 5.95. The van der Waals surface area contributed by atoms with Gasteiger partial charge in [-0.1, -0.05) is 30.3 Å². The first-order chi connectivity index (χ1) is 11.6. The van der Waals surface area contributed by atoms with Gasteiger partial charge in [0.15, 0.2) is 0 Å². The van der Waals surface area contributed by atoms with E-state index in [1.807, 2.05) is 30.3 Å². The zero-order valence-electron chi connectivity index (χ0n) is 13.2. The van der Waals surface area contributed by atoms with Crippen molar-refractivity contribution in [1.29, 1.82) is 0 Å². The number of nitrogens with one attached hydrogen (secondary N) is 1. The highest BCUT2D eigenvalue weighted by Crippen LogP contribution is 2.24. The van der Waals surface area contributed by atoms with Crippen molar-refractivity contribution < 1.29 is 14.0 Å². The standard InChI is InChI=1S/C19H19FN2O2/c20-16-8-6-14(7-9-16)10-18(23)21-12-15-11-19(24)22(13-15)17-4-2-1-3-5-17/h1-9,15H,10-13H2,(H,21,23)/t15-/m1/s1. The van der Waals surface area contributed by atoms with Crippen LogP contribution in [0.25, 0.3) is 0 Å². The van der Waals surface area contributed by atoms with Crippen LogP contribution in [0, 0.1) is 11.7 Å². The molecule has 4 nitrogen and oxygen atoms in total. The normalized spacial score (nSPS) is 17.1. The molecular weight excluding hydrogens is 307 g/mol. The van der Waals surface area contributed by atoms with Gasteiger partial charge < -0.3 is 10.2 Å². The number of benzene rings is 2. The lowest BCUT2D eigenvalue weighted by molar-refractivity contribution is -0.121. The lowest BCUT2D eigenvalue weighted by Gasteiger charge is -2.16. The van der Waals surface area contributed by atoms with E-state index in [-0.39, 0.29) is 30.0 Å². The Kier molecular flexibility index (Phi) is 4.89. The van der Waals surface area contributed by atoms with Crippen LogP contribution in [0.4, 0.5) is 10.1 Å². The van der Waals surface area contributed by atoms with Crippen molar-refractivity contribution in [1.82, 2.24) is 5.32 Å². The molecule has 1 N–H and O–H groups in total. The minimum absolute atomic E-state index is 0.0824. The number of halogens is 1. The minimum atomic E-state index is -0.315. The summed E-state index contributed by atoms with van der Waals surface area (Å²) in [4.78, 5) is 25.9. The summed E-state index contributed by atoms with van der Waals surface area (Å²) in [5.41, 5.74) is 1.66. The van der Waals surface area contributed by atoms with Crippen LogP contribution in [0.5, 0.6) is 0 Å². The maximum atomic E-state index is 12.9. The molecule has 0 saturated carbocycles. The van der Waals surface area contributed by atoms with Crippen LogP contribution >= 0.6 is 0 Å². The number of para-hydroxylation sites is 1. The van der Waals surface area contributed by atoms with Gasteiger partial charge in [0.2, 0.25) is 11.8 Å². The third-order valence-electron chi connectivity index (χ3n) is 4.14. The van der Waals surface area contributed by atoms with E-state index in [1.165, 1.54) is 12.1 Å². The Labute approximate surface area is 140 Å². The highest BCUT2D eigenvalue weighted by Gasteiger charge is 2.30. The number of rotatable bonds is 5. The van der Waals surface area contributed by atoms with E-state index < -0.39 is 0 Å². The predicted octanol–water partition coefficient (Wildman–Crippen LogP) is 2.54. The van der Waals surface area contributed by atoms with Crippen molar-refractivity contribution in [3.05, 3.63) is 66.0 Å². The summed E-state index contributed by atoms with van der Waals surface area (Å²) in [5.74, 6) is -0.245. The molecule has 2 amide bonds. The number of carbonyl (C=O) groups is 2. The molecule has 1 aliphatic rings. The molecule has 0 aliphatic carbocycles. The summed E-state index contributed by atoms with van der Waals surface area (Å²) >= 11 is 0. The molecule has 0 bridgehead atoms. The van der Waals surface area contributed by atoms with E-state index in [0.717, 1.165) is 11.3 Å². The molecule has 0 spiro atoms. The fraction of sp³-hybridized carbons (Fsp3) is 0.263. The Balaban J connectivity index is 1.49. The Morgan fingerprint density at radius 1 is 1.12 bits per heavy atom. The molecule has 24 heavy (non-hydrogen) atoms. The fourth-order valence-corrected chi connectivity index (χ4v) is 2.88. The second-order valence-corrected chi connectivity index (χ2v) is 6.02. The average molecular weight is 326 g/mol. The van der Waals surface area contributed by atoms with E-state index in [1.54, 1.807) is 17.0 Å². The highest BCUT2D eigenvalue weighted by atomic mass is 19.1. The van der Waals surface area contributed by atoms with Crippen LogP contribution < -0.4 is 10.2 Å². The molecular formula is C19H19FN2O2. The van der Waals surface area contributed by atoms with Crippen LogP contribution in [0.2, 0.25) is 0 Å². The third-order valence-corrected chi connectivity index (χ3v) is 4.14. The number of anilines is 1. The van der Waals surface area contributed by atoms with Crippen LogP contribution in [0.3, 0.4) is 0 Å². The van der Waals surface area contributed by atoms with E-state index >= 15 is 0 Å². The molecule has 1 aliphatic heterocycles. The van der Waals surface area contributed by atoms with Crippen molar-refractivity contribution in [3.63, 3.8) is 0 Å². The summed E-state index contributed by atoms with van der Waals surface area (Å²) in [6.07, 6.45) is 0.648. The Bertz CT molecular complexity index is 716. The topological polar surface area (TPSA) is 49.4 Å². The van der Waals surface area contributed by atoms with Crippen molar-refractivity contribution >= 4 is 17.5 Å². The SMILES string of the molecule is O=C(Cc1ccc(F)cc1)NC[C@H]1CC(=O)N(c2ccccc2)C1. The van der Waals surface area contributed by atoms with Gasteiger partial charge >= 0.3 is 0 Å². The van der Waals surface area contributed by atoms with Gasteiger partial charge in [0.1, 0.15) is 5.82 Å². The van der Waals surface area contributed by atoms with Crippen molar-refractivity contribution in [2.24, 2.45) is 5.92 Å². The van der Waals surface area contributed by atoms with Crippen molar-refractivity contribution in [2.45, 2.75) is 12.8 Å². The number of nitrogens with zero attached hydrogens (tertiary/aromatic N) is 1. The lowest BCUT2D eigenvalue weighted by Crippen LogP contribution is -2.32. The van der Waals surface area contributed by atoms with E-state index in [4.69, 9.17) is 0 Å². The summed E-state index contributed by atoms with van der Waals surface area (Å²) < 4.78 is 12.9. The Morgan fingerprint density at radius 2 is 1.83 bits per heavy atom.